The molecule has 1 rings (SSSR count). The lowest BCUT2D eigenvalue weighted by Crippen LogP contribution is -1.86. The lowest BCUT2D eigenvalue weighted by molar-refractivity contribution is 0.372. The summed E-state index contributed by atoms with van der Waals surface area (Å²) in [6.07, 6.45) is 12.8. The van der Waals surface area contributed by atoms with Crippen LogP contribution in [0.1, 0.15) is 70.6 Å². The highest BCUT2D eigenvalue weighted by Gasteiger charge is 2.02. The van der Waals surface area contributed by atoms with Gasteiger partial charge in [0.2, 0.25) is 5.89 Å². The van der Waals surface area contributed by atoms with Gasteiger partial charge in [-0.05, 0) is 23.2 Å². The average molecular weight is 259 g/mol. The molecule has 0 aliphatic carbocycles. The molecule has 0 radical (unpaired) electrons. The minimum atomic E-state index is 0.218. The Morgan fingerprint density at radius 1 is 0.941 bits per heavy atom. The van der Waals surface area contributed by atoms with Crippen molar-refractivity contribution in [3.63, 3.8) is 0 Å². The minimum Gasteiger partial charge on any atom is -0.338 e. The van der Waals surface area contributed by atoms with E-state index in [-0.39, 0.29) is 5.28 Å². The van der Waals surface area contributed by atoms with E-state index in [0.717, 1.165) is 12.8 Å². The molecule has 0 aromatic carbocycles. The Hall–Kier alpha value is -0.570. The SMILES string of the molecule is CCCCCCCCCCCc1nc(Cl)no1. The Morgan fingerprint density at radius 2 is 1.53 bits per heavy atom. The number of hydrogen-bond donors (Lipinski definition) is 0. The second kappa shape index (κ2) is 9.46. The van der Waals surface area contributed by atoms with Crippen LogP contribution in [0.15, 0.2) is 4.52 Å². The van der Waals surface area contributed by atoms with Crippen molar-refractivity contribution in [2.24, 2.45) is 0 Å². The van der Waals surface area contributed by atoms with Gasteiger partial charge in [0, 0.05) is 6.42 Å². The average Bonchev–Trinajstić information content (AvgIpc) is 2.73. The summed E-state index contributed by atoms with van der Waals surface area (Å²) >= 11 is 5.57. The first kappa shape index (κ1) is 14.5. The molecule has 0 bridgehead atoms. The van der Waals surface area contributed by atoms with Crippen LogP contribution in [0.25, 0.3) is 0 Å². The molecule has 1 aromatic rings. The van der Waals surface area contributed by atoms with E-state index in [1.165, 1.54) is 51.4 Å². The third kappa shape index (κ3) is 7.37. The maximum absolute atomic E-state index is 5.57. The van der Waals surface area contributed by atoms with Crippen molar-refractivity contribution >= 4 is 11.6 Å². The first-order valence-electron chi connectivity index (χ1n) is 6.81. The fourth-order valence-corrected chi connectivity index (χ4v) is 2.05. The summed E-state index contributed by atoms with van der Waals surface area (Å²) in [6.45, 7) is 2.25. The molecule has 98 valence electrons. The minimum absolute atomic E-state index is 0.218. The fraction of sp³-hybridized carbons (Fsp3) is 0.846. The molecule has 4 heteroatoms. The molecule has 1 heterocycles. The molecule has 0 unspecified atom stereocenters. The Balaban J connectivity index is 1.84. The second-order valence-corrected chi connectivity index (χ2v) is 4.87. The van der Waals surface area contributed by atoms with Crippen molar-refractivity contribution in [2.45, 2.75) is 71.1 Å². The summed E-state index contributed by atoms with van der Waals surface area (Å²) in [5.74, 6) is 0.665. The van der Waals surface area contributed by atoms with Crippen molar-refractivity contribution in [3.8, 4) is 0 Å². The van der Waals surface area contributed by atoms with Crippen LogP contribution in [0, 0.1) is 0 Å². The number of aryl methyl sites for hydroxylation is 1. The van der Waals surface area contributed by atoms with Crippen LogP contribution in [-0.4, -0.2) is 10.1 Å². The van der Waals surface area contributed by atoms with Gasteiger partial charge in [0.1, 0.15) is 0 Å². The largest absolute Gasteiger partial charge is 0.338 e. The highest BCUT2D eigenvalue weighted by Crippen LogP contribution is 2.11. The molecule has 0 spiro atoms. The lowest BCUT2D eigenvalue weighted by Gasteiger charge is -2.00. The molecular formula is C13H23ClN2O. The van der Waals surface area contributed by atoms with E-state index in [1.807, 2.05) is 0 Å². The highest BCUT2D eigenvalue weighted by molar-refractivity contribution is 6.28. The molecule has 3 nitrogen and oxygen atoms in total. The summed E-state index contributed by atoms with van der Waals surface area (Å²) in [6, 6.07) is 0. The van der Waals surface area contributed by atoms with E-state index >= 15 is 0 Å². The molecule has 0 amide bonds. The topological polar surface area (TPSA) is 38.9 Å². The monoisotopic (exact) mass is 258 g/mol. The normalized spacial score (nSPS) is 10.9. The van der Waals surface area contributed by atoms with Gasteiger partial charge in [-0.15, -0.1) is 0 Å². The number of halogens is 1. The molecule has 0 saturated heterocycles. The van der Waals surface area contributed by atoms with Gasteiger partial charge in [-0.1, -0.05) is 58.3 Å². The molecule has 17 heavy (non-hydrogen) atoms. The Kier molecular flexibility index (Phi) is 8.06. The van der Waals surface area contributed by atoms with E-state index in [2.05, 4.69) is 17.1 Å². The lowest BCUT2D eigenvalue weighted by atomic mass is 10.1. The second-order valence-electron chi connectivity index (χ2n) is 4.54. The van der Waals surface area contributed by atoms with Gasteiger partial charge in [0.05, 0.1) is 0 Å². The zero-order valence-electron chi connectivity index (χ0n) is 10.8. The maximum atomic E-state index is 5.57. The van der Waals surface area contributed by atoms with Crippen LogP contribution >= 0.6 is 11.6 Å². The zero-order valence-corrected chi connectivity index (χ0v) is 11.5. The number of unbranched alkanes of at least 4 members (excludes halogenated alkanes) is 8. The van der Waals surface area contributed by atoms with Gasteiger partial charge < -0.3 is 4.52 Å². The zero-order chi connectivity index (χ0) is 12.3. The van der Waals surface area contributed by atoms with Gasteiger partial charge >= 0.3 is 0 Å². The summed E-state index contributed by atoms with van der Waals surface area (Å²) in [7, 11) is 0. The Morgan fingerprint density at radius 3 is 2.06 bits per heavy atom. The molecule has 0 saturated carbocycles. The van der Waals surface area contributed by atoms with Crippen LogP contribution in [0.2, 0.25) is 5.28 Å². The maximum Gasteiger partial charge on any atom is 0.263 e. The third-order valence-corrected chi connectivity index (χ3v) is 3.09. The summed E-state index contributed by atoms with van der Waals surface area (Å²) in [4.78, 5) is 3.97. The Labute approximate surface area is 109 Å². The Bertz CT molecular complexity index is 289. The number of rotatable bonds is 10. The predicted octanol–water partition coefficient (Wildman–Crippen LogP) is 4.80. The molecular weight excluding hydrogens is 236 g/mol. The fourth-order valence-electron chi connectivity index (χ4n) is 1.92. The third-order valence-electron chi connectivity index (χ3n) is 2.94. The van der Waals surface area contributed by atoms with E-state index in [9.17, 15) is 0 Å². The van der Waals surface area contributed by atoms with Gasteiger partial charge in [-0.2, -0.15) is 4.98 Å². The predicted molar refractivity (Wildman–Crippen MR) is 70.2 cm³/mol. The van der Waals surface area contributed by atoms with E-state index < -0.39 is 0 Å². The molecule has 0 N–H and O–H groups in total. The van der Waals surface area contributed by atoms with E-state index in [4.69, 9.17) is 16.1 Å². The summed E-state index contributed by atoms with van der Waals surface area (Å²) in [5, 5.41) is 3.77. The van der Waals surface area contributed by atoms with Gasteiger partial charge in [-0.3, -0.25) is 0 Å². The number of aromatic nitrogens is 2. The highest BCUT2D eigenvalue weighted by atomic mass is 35.5. The van der Waals surface area contributed by atoms with Crippen molar-refractivity contribution in [2.75, 3.05) is 0 Å². The van der Waals surface area contributed by atoms with Crippen LogP contribution in [0.5, 0.6) is 0 Å². The van der Waals surface area contributed by atoms with Crippen molar-refractivity contribution < 1.29 is 4.52 Å². The first-order valence-corrected chi connectivity index (χ1v) is 7.19. The molecule has 0 aliphatic heterocycles. The standard InChI is InChI=1S/C13H23ClN2O/c1-2-3-4-5-6-7-8-9-10-11-12-15-13(14)16-17-12/h2-11H2,1H3. The quantitative estimate of drug-likeness (QED) is 0.566. The molecule has 0 atom stereocenters. The molecule has 0 fully saturated rings. The van der Waals surface area contributed by atoms with Crippen LogP contribution in [0.3, 0.4) is 0 Å². The molecule has 0 aliphatic rings. The van der Waals surface area contributed by atoms with Gasteiger partial charge in [0.15, 0.2) is 0 Å². The molecule has 1 aromatic heterocycles. The van der Waals surface area contributed by atoms with Crippen LogP contribution < -0.4 is 0 Å². The van der Waals surface area contributed by atoms with Crippen LogP contribution in [-0.2, 0) is 6.42 Å². The van der Waals surface area contributed by atoms with Gasteiger partial charge in [0.25, 0.3) is 5.28 Å². The van der Waals surface area contributed by atoms with E-state index in [0.29, 0.717) is 5.89 Å². The van der Waals surface area contributed by atoms with Crippen molar-refractivity contribution in [1.29, 1.82) is 0 Å². The smallest absolute Gasteiger partial charge is 0.263 e. The summed E-state index contributed by atoms with van der Waals surface area (Å²) in [5.41, 5.74) is 0. The number of nitrogens with zero attached hydrogens (tertiary/aromatic N) is 2. The summed E-state index contributed by atoms with van der Waals surface area (Å²) < 4.78 is 4.94. The van der Waals surface area contributed by atoms with E-state index in [1.54, 1.807) is 0 Å². The number of hydrogen-bond acceptors (Lipinski definition) is 3. The first-order chi connectivity index (χ1) is 8.33. The van der Waals surface area contributed by atoms with Crippen molar-refractivity contribution in [1.82, 2.24) is 10.1 Å². The van der Waals surface area contributed by atoms with Gasteiger partial charge in [-0.25, -0.2) is 0 Å². The van der Waals surface area contributed by atoms with Crippen molar-refractivity contribution in [3.05, 3.63) is 11.2 Å². The van der Waals surface area contributed by atoms with Crippen LogP contribution in [0.4, 0.5) is 0 Å².